The van der Waals surface area contributed by atoms with Crippen molar-refractivity contribution in [3.05, 3.63) is 29.3 Å². The van der Waals surface area contributed by atoms with E-state index in [9.17, 15) is 9.59 Å². The number of amides is 2. The molecule has 116 valence electrons. The molecule has 0 radical (unpaired) electrons. The van der Waals surface area contributed by atoms with Gasteiger partial charge in [-0.15, -0.1) is 0 Å². The van der Waals surface area contributed by atoms with E-state index in [2.05, 4.69) is 5.32 Å². The quantitative estimate of drug-likeness (QED) is 0.910. The van der Waals surface area contributed by atoms with Gasteiger partial charge >= 0.3 is 6.09 Å². The largest absolute Gasteiger partial charge is 0.444 e. The molecule has 0 bridgehead atoms. The van der Waals surface area contributed by atoms with Gasteiger partial charge in [0.2, 0.25) is 5.91 Å². The highest BCUT2D eigenvalue weighted by molar-refractivity contribution is 5.92. The molecule has 0 aliphatic carbocycles. The molecule has 2 rings (SSSR count). The number of carbonyl (C=O) groups excluding carboxylic acids is 2. The molecule has 6 nitrogen and oxygen atoms in total. The van der Waals surface area contributed by atoms with Crippen LogP contribution >= 0.6 is 0 Å². The topological polar surface area (TPSA) is 82.4 Å². The molecule has 6 heteroatoms. The number of benzene rings is 1. The van der Waals surface area contributed by atoms with Crippen LogP contribution in [0.25, 0.3) is 0 Å². The first-order valence-electron chi connectivity index (χ1n) is 7.05. The predicted molar refractivity (Wildman–Crippen MR) is 80.8 cm³/mol. The van der Waals surface area contributed by atoms with Gasteiger partial charge in [-0.2, -0.15) is 5.26 Å². The fourth-order valence-electron chi connectivity index (χ4n) is 2.20. The molecular formula is C16H19N3O3. The summed E-state index contributed by atoms with van der Waals surface area (Å²) in [6.45, 7) is 6.44. The summed E-state index contributed by atoms with van der Waals surface area (Å²) in [5.41, 5.74) is 2.11. The van der Waals surface area contributed by atoms with Crippen LogP contribution in [0, 0.1) is 11.3 Å². The van der Waals surface area contributed by atoms with E-state index in [-0.39, 0.29) is 18.4 Å². The van der Waals surface area contributed by atoms with Gasteiger partial charge in [-0.3, -0.25) is 9.69 Å². The van der Waals surface area contributed by atoms with Gasteiger partial charge in [0.05, 0.1) is 6.07 Å². The van der Waals surface area contributed by atoms with Crippen molar-refractivity contribution in [2.24, 2.45) is 0 Å². The number of hydrogen-bond acceptors (Lipinski definition) is 4. The Kier molecular flexibility index (Phi) is 4.36. The number of nitrogens with zero attached hydrogens (tertiary/aromatic N) is 2. The lowest BCUT2D eigenvalue weighted by atomic mass is 10.1. The van der Waals surface area contributed by atoms with Gasteiger partial charge in [0.15, 0.2) is 0 Å². The first kappa shape index (κ1) is 15.8. The number of carbonyl (C=O) groups is 2. The molecule has 0 saturated carbocycles. The van der Waals surface area contributed by atoms with Crippen LogP contribution in [-0.2, 0) is 22.6 Å². The minimum atomic E-state index is -0.526. The van der Waals surface area contributed by atoms with Crippen molar-refractivity contribution >= 4 is 17.7 Å². The molecule has 0 aromatic heterocycles. The van der Waals surface area contributed by atoms with E-state index in [1.54, 1.807) is 17.0 Å². The molecule has 1 aliphatic heterocycles. The van der Waals surface area contributed by atoms with Gasteiger partial charge < -0.3 is 10.1 Å². The minimum Gasteiger partial charge on any atom is -0.444 e. The van der Waals surface area contributed by atoms with E-state index in [0.29, 0.717) is 18.8 Å². The second kappa shape index (κ2) is 6.06. The summed E-state index contributed by atoms with van der Waals surface area (Å²) in [4.78, 5) is 25.1. The van der Waals surface area contributed by atoms with Crippen LogP contribution in [0.2, 0.25) is 0 Å². The molecule has 1 aromatic rings. The van der Waals surface area contributed by atoms with Crippen LogP contribution in [0.4, 0.5) is 10.5 Å². The Balaban J connectivity index is 2.04. The number of rotatable bonds is 2. The minimum absolute atomic E-state index is 0.179. The van der Waals surface area contributed by atoms with Gasteiger partial charge in [0, 0.05) is 18.8 Å². The summed E-state index contributed by atoms with van der Waals surface area (Å²) in [7, 11) is 0. The van der Waals surface area contributed by atoms with Gasteiger partial charge in [0.25, 0.3) is 0 Å². The van der Waals surface area contributed by atoms with Crippen molar-refractivity contribution in [1.29, 1.82) is 5.26 Å². The van der Waals surface area contributed by atoms with Crippen LogP contribution in [0.5, 0.6) is 0 Å². The van der Waals surface area contributed by atoms with Crippen molar-refractivity contribution in [1.82, 2.24) is 4.90 Å². The number of nitriles is 1. The molecule has 1 aliphatic rings. The first-order valence-corrected chi connectivity index (χ1v) is 7.05. The van der Waals surface area contributed by atoms with Gasteiger partial charge in [-0.25, -0.2) is 4.79 Å². The predicted octanol–water partition coefficient (Wildman–Crippen LogP) is 2.79. The summed E-state index contributed by atoms with van der Waals surface area (Å²) < 4.78 is 5.36. The van der Waals surface area contributed by atoms with Crippen LogP contribution < -0.4 is 5.32 Å². The zero-order valence-corrected chi connectivity index (χ0v) is 13.0. The Morgan fingerprint density at radius 1 is 1.32 bits per heavy atom. The summed E-state index contributed by atoms with van der Waals surface area (Å²) in [6, 6.07) is 7.28. The van der Waals surface area contributed by atoms with E-state index >= 15 is 0 Å². The number of hydrogen-bond donors (Lipinski definition) is 1. The second-order valence-electron chi connectivity index (χ2n) is 6.20. The Morgan fingerprint density at radius 3 is 2.64 bits per heavy atom. The maximum Gasteiger partial charge on any atom is 0.410 e. The molecule has 0 unspecified atom stereocenters. The van der Waals surface area contributed by atoms with Crippen molar-refractivity contribution in [2.45, 2.75) is 45.9 Å². The molecule has 0 spiro atoms. The Morgan fingerprint density at radius 2 is 2.00 bits per heavy atom. The second-order valence-corrected chi connectivity index (χ2v) is 6.20. The summed E-state index contributed by atoms with van der Waals surface area (Å²) in [5, 5.41) is 11.1. The van der Waals surface area contributed by atoms with Crippen LogP contribution in [0.1, 0.15) is 38.3 Å². The number of fused-ring (bicyclic) bond motifs is 1. The highest BCUT2D eigenvalue weighted by Crippen LogP contribution is 2.27. The molecule has 0 saturated heterocycles. The molecule has 0 atom stereocenters. The number of anilines is 1. The smallest absolute Gasteiger partial charge is 0.410 e. The molecule has 0 fully saturated rings. The number of nitrogens with one attached hydrogen (secondary N) is 1. The van der Waals surface area contributed by atoms with Crippen molar-refractivity contribution in [3.63, 3.8) is 0 Å². The summed E-state index contributed by atoms with van der Waals surface area (Å²) >= 11 is 0. The van der Waals surface area contributed by atoms with Gasteiger partial charge in [0.1, 0.15) is 12.0 Å². The molecule has 22 heavy (non-hydrogen) atoms. The lowest BCUT2D eigenvalue weighted by molar-refractivity contribution is -0.115. The van der Waals surface area contributed by atoms with Crippen LogP contribution in [0.15, 0.2) is 18.2 Å². The molecular weight excluding hydrogens is 282 g/mol. The standard InChI is InChI=1S/C16H19N3O3/c1-16(2,3)22-15(21)19-9-11-4-5-13(8-12(11)10-19)18-14(20)6-7-17/h4-5,8H,6,9-10H2,1-3H3,(H,18,20). The lowest BCUT2D eigenvalue weighted by Crippen LogP contribution is -2.33. The average Bonchev–Trinajstić information content (AvgIpc) is 2.80. The number of ether oxygens (including phenoxy) is 1. The highest BCUT2D eigenvalue weighted by Gasteiger charge is 2.27. The Labute approximate surface area is 129 Å². The van der Waals surface area contributed by atoms with Gasteiger partial charge in [-0.1, -0.05) is 6.07 Å². The first-order chi connectivity index (χ1) is 10.3. The van der Waals surface area contributed by atoms with E-state index in [4.69, 9.17) is 10.00 Å². The fourth-order valence-corrected chi connectivity index (χ4v) is 2.20. The normalized spacial score (nSPS) is 13.3. The van der Waals surface area contributed by atoms with Crippen molar-refractivity contribution in [2.75, 3.05) is 5.32 Å². The molecule has 1 aromatic carbocycles. The molecule has 1 heterocycles. The average molecular weight is 301 g/mol. The zero-order valence-electron chi connectivity index (χ0n) is 13.0. The van der Waals surface area contributed by atoms with E-state index in [1.807, 2.05) is 32.9 Å². The van der Waals surface area contributed by atoms with Crippen molar-refractivity contribution in [3.8, 4) is 6.07 Å². The van der Waals surface area contributed by atoms with Gasteiger partial charge in [-0.05, 0) is 44.0 Å². The third kappa shape index (κ3) is 3.98. The zero-order chi connectivity index (χ0) is 16.3. The SMILES string of the molecule is CC(C)(C)OC(=O)N1Cc2ccc(NC(=O)CC#N)cc2C1. The fraction of sp³-hybridized carbons (Fsp3) is 0.438. The van der Waals surface area contributed by atoms with Crippen LogP contribution in [0.3, 0.4) is 0 Å². The summed E-state index contributed by atoms with van der Waals surface area (Å²) in [6.07, 6.45) is -0.528. The third-order valence-corrected chi connectivity index (χ3v) is 3.10. The van der Waals surface area contributed by atoms with Crippen LogP contribution in [-0.4, -0.2) is 22.5 Å². The van der Waals surface area contributed by atoms with Crippen molar-refractivity contribution < 1.29 is 14.3 Å². The molecule has 2 amide bonds. The van der Waals surface area contributed by atoms with E-state index in [0.717, 1.165) is 11.1 Å². The maximum absolute atomic E-state index is 12.1. The van der Waals surface area contributed by atoms with E-state index < -0.39 is 5.60 Å². The third-order valence-electron chi connectivity index (χ3n) is 3.10. The Hall–Kier alpha value is -2.55. The monoisotopic (exact) mass is 301 g/mol. The Bertz CT molecular complexity index is 641. The summed E-state index contributed by atoms with van der Waals surface area (Å²) in [5.74, 6) is -0.343. The lowest BCUT2D eigenvalue weighted by Gasteiger charge is -2.24. The van der Waals surface area contributed by atoms with E-state index in [1.165, 1.54) is 0 Å². The maximum atomic E-state index is 12.1. The highest BCUT2D eigenvalue weighted by atomic mass is 16.6. The molecule has 1 N–H and O–H groups in total.